The zero-order valence-corrected chi connectivity index (χ0v) is 10.3. The molecule has 1 aromatic rings. The summed E-state index contributed by atoms with van der Waals surface area (Å²) in [5.41, 5.74) is 0.647. The zero-order chi connectivity index (χ0) is 12.6. The van der Waals surface area contributed by atoms with E-state index < -0.39 is 12.1 Å². The van der Waals surface area contributed by atoms with Gasteiger partial charge in [0.25, 0.3) is 0 Å². The number of alkyl halides is 3. The lowest BCUT2D eigenvalue weighted by Crippen LogP contribution is -2.27. The van der Waals surface area contributed by atoms with E-state index in [1.807, 2.05) is 0 Å². The molecule has 0 saturated carbocycles. The highest BCUT2D eigenvalue weighted by Gasteiger charge is 2.43. The Labute approximate surface area is 107 Å². The van der Waals surface area contributed by atoms with Crippen molar-refractivity contribution in [1.29, 1.82) is 0 Å². The molecule has 1 fully saturated rings. The van der Waals surface area contributed by atoms with Crippen molar-refractivity contribution < 1.29 is 13.2 Å². The second-order valence-corrected chi connectivity index (χ2v) is 4.97. The van der Waals surface area contributed by atoms with Crippen LogP contribution in [0.2, 0.25) is 10.0 Å². The third-order valence-corrected chi connectivity index (χ3v) is 3.30. The van der Waals surface area contributed by atoms with Crippen LogP contribution in [0, 0.1) is 5.92 Å². The standard InChI is InChI=1S/C11H10Cl2F3N/c12-8-3-9(13)5-10(4-8)17-2-1-7(6-17)11(14,15)16/h3-5,7H,1-2,6H2. The van der Waals surface area contributed by atoms with E-state index in [1.165, 1.54) is 0 Å². The topological polar surface area (TPSA) is 3.24 Å². The van der Waals surface area contributed by atoms with Gasteiger partial charge in [-0.05, 0) is 24.6 Å². The molecule has 1 aliphatic rings. The Morgan fingerprint density at radius 1 is 1.12 bits per heavy atom. The molecule has 1 aliphatic heterocycles. The van der Waals surface area contributed by atoms with Gasteiger partial charge in [-0.2, -0.15) is 13.2 Å². The SMILES string of the molecule is FC(F)(F)C1CCN(c2cc(Cl)cc(Cl)c2)C1. The molecule has 1 aromatic carbocycles. The van der Waals surface area contributed by atoms with Crippen molar-refractivity contribution in [2.75, 3.05) is 18.0 Å². The predicted octanol–water partition coefficient (Wildman–Crippen LogP) is 4.38. The molecule has 1 nitrogen and oxygen atoms in total. The van der Waals surface area contributed by atoms with E-state index in [0.29, 0.717) is 22.3 Å². The molecule has 94 valence electrons. The molecule has 1 saturated heterocycles. The molecule has 17 heavy (non-hydrogen) atoms. The van der Waals surface area contributed by atoms with Crippen LogP contribution in [-0.2, 0) is 0 Å². The average Bonchev–Trinajstić information content (AvgIpc) is 2.63. The first-order valence-corrected chi connectivity index (χ1v) is 5.89. The maximum atomic E-state index is 12.5. The fraction of sp³-hybridized carbons (Fsp3) is 0.455. The van der Waals surface area contributed by atoms with Gasteiger partial charge in [-0.1, -0.05) is 23.2 Å². The molecule has 1 heterocycles. The summed E-state index contributed by atoms with van der Waals surface area (Å²) in [5.74, 6) is -1.26. The van der Waals surface area contributed by atoms with Gasteiger partial charge in [-0.3, -0.25) is 0 Å². The summed E-state index contributed by atoms with van der Waals surface area (Å²) in [6, 6.07) is 4.82. The van der Waals surface area contributed by atoms with Crippen molar-refractivity contribution in [3.8, 4) is 0 Å². The van der Waals surface area contributed by atoms with Gasteiger partial charge in [0, 0.05) is 28.8 Å². The minimum absolute atomic E-state index is 0.0276. The molecular weight excluding hydrogens is 274 g/mol. The molecular formula is C11H10Cl2F3N. The summed E-state index contributed by atoms with van der Waals surface area (Å²) >= 11 is 11.6. The minimum Gasteiger partial charge on any atom is -0.371 e. The summed E-state index contributed by atoms with van der Waals surface area (Å²) < 4.78 is 37.6. The second-order valence-electron chi connectivity index (χ2n) is 4.10. The molecule has 2 rings (SSSR count). The summed E-state index contributed by atoms with van der Waals surface area (Å²) in [5, 5.41) is 0.867. The first-order chi connectivity index (χ1) is 7.86. The number of anilines is 1. The fourth-order valence-electron chi connectivity index (χ4n) is 1.98. The monoisotopic (exact) mass is 283 g/mol. The Hall–Kier alpha value is -0.610. The van der Waals surface area contributed by atoms with Crippen molar-refractivity contribution in [3.05, 3.63) is 28.2 Å². The normalized spacial score (nSPS) is 21.0. The van der Waals surface area contributed by atoms with Gasteiger partial charge in [-0.15, -0.1) is 0 Å². The van der Waals surface area contributed by atoms with Gasteiger partial charge in [0.1, 0.15) is 0 Å². The highest BCUT2D eigenvalue weighted by atomic mass is 35.5. The van der Waals surface area contributed by atoms with Crippen molar-refractivity contribution in [3.63, 3.8) is 0 Å². The van der Waals surface area contributed by atoms with Crippen LogP contribution in [-0.4, -0.2) is 19.3 Å². The van der Waals surface area contributed by atoms with E-state index in [1.54, 1.807) is 23.1 Å². The van der Waals surface area contributed by atoms with Crippen LogP contribution in [0.25, 0.3) is 0 Å². The van der Waals surface area contributed by atoms with Crippen LogP contribution in [0.15, 0.2) is 18.2 Å². The molecule has 0 bridgehead atoms. The predicted molar refractivity (Wildman–Crippen MR) is 62.8 cm³/mol. The van der Waals surface area contributed by atoms with Gasteiger partial charge >= 0.3 is 6.18 Å². The average molecular weight is 284 g/mol. The summed E-state index contributed by atoms with van der Waals surface area (Å²) in [7, 11) is 0. The Bertz CT molecular complexity index is 399. The maximum Gasteiger partial charge on any atom is 0.393 e. The second kappa shape index (κ2) is 4.58. The lowest BCUT2D eigenvalue weighted by Gasteiger charge is -2.20. The van der Waals surface area contributed by atoms with Gasteiger partial charge < -0.3 is 4.90 Å². The van der Waals surface area contributed by atoms with E-state index in [-0.39, 0.29) is 13.0 Å². The molecule has 6 heteroatoms. The summed E-state index contributed by atoms with van der Waals surface area (Å²) in [6.07, 6.45) is -4.01. The molecule has 1 atom stereocenters. The van der Waals surface area contributed by atoms with Crippen LogP contribution >= 0.6 is 23.2 Å². The van der Waals surface area contributed by atoms with Gasteiger partial charge in [0.15, 0.2) is 0 Å². The van der Waals surface area contributed by atoms with Crippen LogP contribution in [0.1, 0.15) is 6.42 Å². The molecule has 0 N–H and O–H groups in total. The van der Waals surface area contributed by atoms with Gasteiger partial charge in [0.2, 0.25) is 0 Å². The lowest BCUT2D eigenvalue weighted by molar-refractivity contribution is -0.168. The van der Waals surface area contributed by atoms with Crippen LogP contribution in [0.4, 0.5) is 18.9 Å². The van der Waals surface area contributed by atoms with Crippen molar-refractivity contribution in [2.45, 2.75) is 12.6 Å². The van der Waals surface area contributed by atoms with E-state index in [9.17, 15) is 13.2 Å². The molecule has 0 radical (unpaired) electrons. The van der Waals surface area contributed by atoms with E-state index in [0.717, 1.165) is 0 Å². The van der Waals surface area contributed by atoms with E-state index in [2.05, 4.69) is 0 Å². The quantitative estimate of drug-likeness (QED) is 0.739. The smallest absolute Gasteiger partial charge is 0.371 e. The summed E-state index contributed by atoms with van der Waals surface area (Å²) in [6.45, 7) is 0.348. The molecule has 0 amide bonds. The number of benzene rings is 1. The minimum atomic E-state index is -4.13. The van der Waals surface area contributed by atoms with Crippen LogP contribution in [0.5, 0.6) is 0 Å². The number of hydrogen-bond acceptors (Lipinski definition) is 1. The highest BCUT2D eigenvalue weighted by molar-refractivity contribution is 6.35. The molecule has 1 unspecified atom stereocenters. The zero-order valence-electron chi connectivity index (χ0n) is 8.77. The largest absolute Gasteiger partial charge is 0.393 e. The number of hydrogen-bond donors (Lipinski definition) is 0. The van der Waals surface area contributed by atoms with Crippen LogP contribution in [0.3, 0.4) is 0 Å². The maximum absolute atomic E-state index is 12.5. The molecule has 0 aliphatic carbocycles. The van der Waals surface area contributed by atoms with Gasteiger partial charge in [-0.25, -0.2) is 0 Å². The number of halogens is 5. The Balaban J connectivity index is 2.15. The summed E-state index contributed by atoms with van der Waals surface area (Å²) in [4.78, 5) is 1.66. The molecule has 0 aromatic heterocycles. The van der Waals surface area contributed by atoms with E-state index >= 15 is 0 Å². The first kappa shape index (κ1) is 12.8. The van der Waals surface area contributed by atoms with Crippen LogP contribution < -0.4 is 4.90 Å². The Kier molecular flexibility index (Phi) is 3.46. The number of nitrogens with zero attached hydrogens (tertiary/aromatic N) is 1. The highest BCUT2D eigenvalue weighted by Crippen LogP contribution is 2.36. The third-order valence-electron chi connectivity index (χ3n) is 2.86. The van der Waals surface area contributed by atoms with Crippen molar-refractivity contribution in [1.82, 2.24) is 0 Å². The third kappa shape index (κ3) is 2.99. The van der Waals surface area contributed by atoms with Crippen molar-refractivity contribution >= 4 is 28.9 Å². The van der Waals surface area contributed by atoms with Crippen molar-refractivity contribution in [2.24, 2.45) is 5.92 Å². The first-order valence-electron chi connectivity index (χ1n) is 5.14. The fourth-order valence-corrected chi connectivity index (χ4v) is 2.50. The molecule has 0 spiro atoms. The Morgan fingerprint density at radius 2 is 1.71 bits per heavy atom. The van der Waals surface area contributed by atoms with E-state index in [4.69, 9.17) is 23.2 Å². The Morgan fingerprint density at radius 3 is 2.18 bits per heavy atom. The number of rotatable bonds is 1. The van der Waals surface area contributed by atoms with Gasteiger partial charge in [0.05, 0.1) is 5.92 Å². The lowest BCUT2D eigenvalue weighted by atomic mass is 10.1.